The van der Waals surface area contributed by atoms with Crippen molar-refractivity contribution in [2.75, 3.05) is 19.6 Å². The van der Waals surface area contributed by atoms with Crippen LogP contribution in [0.25, 0.3) is 0 Å². The summed E-state index contributed by atoms with van der Waals surface area (Å²) in [6.07, 6.45) is 1.62. The van der Waals surface area contributed by atoms with E-state index in [-0.39, 0.29) is 24.3 Å². The van der Waals surface area contributed by atoms with Gasteiger partial charge in [0.15, 0.2) is 0 Å². The number of carbonyl (C=O) groups excluding carboxylic acids is 1. The number of carbonyl (C=O) groups is 2. The lowest BCUT2D eigenvalue weighted by Crippen LogP contribution is -2.40. The van der Waals surface area contributed by atoms with Crippen LogP contribution in [-0.2, 0) is 4.79 Å². The van der Waals surface area contributed by atoms with E-state index < -0.39 is 6.09 Å². The highest BCUT2D eigenvalue weighted by atomic mass is 16.4. The molecule has 112 valence electrons. The summed E-state index contributed by atoms with van der Waals surface area (Å²) in [6, 6.07) is 0. The second-order valence-corrected chi connectivity index (χ2v) is 6.96. The summed E-state index contributed by atoms with van der Waals surface area (Å²) < 4.78 is 0. The van der Waals surface area contributed by atoms with Gasteiger partial charge in [-0.25, -0.2) is 9.80 Å². The quantitative estimate of drug-likeness (QED) is 0.837. The fourth-order valence-electron chi connectivity index (χ4n) is 2.29. The largest absolute Gasteiger partial charge is 0.465 e. The third-order valence-corrected chi connectivity index (χ3v) is 3.34. The first-order valence-corrected chi connectivity index (χ1v) is 7.09. The topological polar surface area (TPSA) is 73.2 Å². The standard InChI is InChI=1S/C14H23N3O3/c1-14(2,3)9-16(13(19)20)8-11-6-12(18)17(15-11)7-10-4-5-10/h10H,4-9H2,1-3H3,(H,19,20). The third-order valence-electron chi connectivity index (χ3n) is 3.34. The van der Waals surface area contributed by atoms with Crippen LogP contribution in [0.4, 0.5) is 4.79 Å². The lowest BCUT2D eigenvalue weighted by atomic mass is 9.96. The maximum atomic E-state index is 11.8. The molecule has 0 radical (unpaired) electrons. The van der Waals surface area contributed by atoms with Gasteiger partial charge in [0.1, 0.15) is 0 Å². The van der Waals surface area contributed by atoms with E-state index in [2.05, 4.69) is 5.10 Å². The van der Waals surface area contributed by atoms with Crippen LogP contribution < -0.4 is 0 Å². The predicted octanol–water partition coefficient (Wildman–Crippen LogP) is 2.01. The predicted molar refractivity (Wildman–Crippen MR) is 75.5 cm³/mol. The van der Waals surface area contributed by atoms with Gasteiger partial charge >= 0.3 is 6.09 Å². The summed E-state index contributed by atoms with van der Waals surface area (Å²) in [5.41, 5.74) is 0.539. The number of carboxylic acid groups (broad SMARTS) is 1. The maximum Gasteiger partial charge on any atom is 0.407 e. The smallest absolute Gasteiger partial charge is 0.407 e. The molecule has 2 rings (SSSR count). The fraction of sp³-hybridized carbons (Fsp3) is 0.786. The van der Waals surface area contributed by atoms with Crippen molar-refractivity contribution >= 4 is 17.7 Å². The number of nitrogens with zero attached hydrogens (tertiary/aromatic N) is 3. The molecule has 1 aliphatic heterocycles. The van der Waals surface area contributed by atoms with Crippen LogP contribution in [0, 0.1) is 11.3 Å². The highest BCUT2D eigenvalue weighted by Gasteiger charge is 2.32. The molecule has 2 amide bonds. The van der Waals surface area contributed by atoms with E-state index in [0.717, 1.165) is 0 Å². The van der Waals surface area contributed by atoms with Crippen LogP contribution >= 0.6 is 0 Å². The molecule has 0 saturated heterocycles. The van der Waals surface area contributed by atoms with Gasteiger partial charge in [0.2, 0.25) is 5.91 Å². The molecule has 6 heteroatoms. The molecule has 0 aromatic rings. The summed E-state index contributed by atoms with van der Waals surface area (Å²) in [6.45, 7) is 7.31. The number of hydrogen-bond acceptors (Lipinski definition) is 3. The summed E-state index contributed by atoms with van der Waals surface area (Å²) in [4.78, 5) is 24.5. The molecule has 1 heterocycles. The molecule has 0 unspecified atom stereocenters. The zero-order valence-electron chi connectivity index (χ0n) is 12.4. The Morgan fingerprint density at radius 3 is 2.60 bits per heavy atom. The van der Waals surface area contributed by atoms with Crippen molar-refractivity contribution in [1.82, 2.24) is 9.91 Å². The number of hydrogen-bond donors (Lipinski definition) is 1. The Morgan fingerprint density at radius 2 is 2.10 bits per heavy atom. The fourth-order valence-corrected chi connectivity index (χ4v) is 2.29. The minimum Gasteiger partial charge on any atom is -0.465 e. The molecule has 2 aliphatic rings. The van der Waals surface area contributed by atoms with E-state index >= 15 is 0 Å². The highest BCUT2D eigenvalue weighted by molar-refractivity contribution is 6.06. The van der Waals surface area contributed by atoms with Crippen LogP contribution in [0.15, 0.2) is 5.10 Å². The van der Waals surface area contributed by atoms with Crippen molar-refractivity contribution in [3.8, 4) is 0 Å². The van der Waals surface area contributed by atoms with E-state index in [1.54, 1.807) is 0 Å². The van der Waals surface area contributed by atoms with Crippen LogP contribution in [0.1, 0.15) is 40.0 Å². The maximum absolute atomic E-state index is 11.8. The Kier molecular flexibility index (Phi) is 4.01. The Labute approximate surface area is 119 Å². The van der Waals surface area contributed by atoms with E-state index in [1.165, 1.54) is 22.8 Å². The first-order valence-electron chi connectivity index (χ1n) is 7.09. The van der Waals surface area contributed by atoms with Gasteiger partial charge < -0.3 is 10.0 Å². The summed E-state index contributed by atoms with van der Waals surface area (Å²) >= 11 is 0. The highest BCUT2D eigenvalue weighted by Crippen LogP contribution is 2.31. The molecular formula is C14H23N3O3. The van der Waals surface area contributed by atoms with Gasteiger partial charge in [-0.3, -0.25) is 4.79 Å². The van der Waals surface area contributed by atoms with Gasteiger partial charge in [0, 0.05) is 13.1 Å². The number of rotatable bonds is 5. The van der Waals surface area contributed by atoms with Crippen molar-refractivity contribution < 1.29 is 14.7 Å². The van der Waals surface area contributed by atoms with E-state index in [9.17, 15) is 14.7 Å². The zero-order valence-corrected chi connectivity index (χ0v) is 12.4. The Balaban J connectivity index is 1.96. The Morgan fingerprint density at radius 1 is 1.45 bits per heavy atom. The average Bonchev–Trinajstić information content (AvgIpc) is 3.02. The second-order valence-electron chi connectivity index (χ2n) is 6.96. The van der Waals surface area contributed by atoms with Crippen molar-refractivity contribution in [3.63, 3.8) is 0 Å². The monoisotopic (exact) mass is 281 g/mol. The minimum atomic E-state index is -0.962. The molecule has 6 nitrogen and oxygen atoms in total. The van der Waals surface area contributed by atoms with Crippen molar-refractivity contribution in [1.29, 1.82) is 0 Å². The van der Waals surface area contributed by atoms with E-state index in [0.29, 0.717) is 24.7 Å². The van der Waals surface area contributed by atoms with Crippen molar-refractivity contribution in [2.45, 2.75) is 40.0 Å². The summed E-state index contributed by atoms with van der Waals surface area (Å²) in [7, 11) is 0. The molecule has 1 saturated carbocycles. The van der Waals surface area contributed by atoms with Crippen molar-refractivity contribution in [2.24, 2.45) is 16.4 Å². The Bertz CT molecular complexity index is 435. The van der Waals surface area contributed by atoms with Gasteiger partial charge in [0.05, 0.1) is 18.7 Å². The molecule has 1 aliphatic carbocycles. The summed E-state index contributed by atoms with van der Waals surface area (Å²) in [5, 5.41) is 15.1. The first-order chi connectivity index (χ1) is 9.24. The minimum absolute atomic E-state index is 0.00648. The number of hydrazone groups is 1. The van der Waals surface area contributed by atoms with Gasteiger partial charge in [-0.05, 0) is 24.2 Å². The third kappa shape index (κ3) is 4.21. The average molecular weight is 281 g/mol. The lowest BCUT2D eigenvalue weighted by Gasteiger charge is -2.27. The summed E-state index contributed by atoms with van der Waals surface area (Å²) in [5.74, 6) is 0.584. The number of amides is 2. The van der Waals surface area contributed by atoms with E-state index in [4.69, 9.17) is 0 Å². The normalized spacial score (nSPS) is 19.2. The van der Waals surface area contributed by atoms with Gasteiger partial charge in [0.25, 0.3) is 0 Å². The molecule has 0 aromatic carbocycles. The van der Waals surface area contributed by atoms with Gasteiger partial charge in [-0.15, -0.1) is 0 Å². The zero-order chi connectivity index (χ0) is 14.9. The second kappa shape index (κ2) is 5.42. The van der Waals surface area contributed by atoms with Crippen molar-refractivity contribution in [3.05, 3.63) is 0 Å². The molecule has 0 spiro atoms. The van der Waals surface area contributed by atoms with Gasteiger partial charge in [-0.2, -0.15) is 5.10 Å². The molecule has 1 fully saturated rings. The molecule has 1 N–H and O–H groups in total. The molecule has 0 aromatic heterocycles. The lowest BCUT2D eigenvalue weighted by molar-refractivity contribution is -0.128. The molecule has 20 heavy (non-hydrogen) atoms. The van der Waals surface area contributed by atoms with Crippen LogP contribution in [0.5, 0.6) is 0 Å². The Hall–Kier alpha value is -1.59. The van der Waals surface area contributed by atoms with Crippen LogP contribution in [-0.4, -0.2) is 52.4 Å². The molecule has 0 bridgehead atoms. The van der Waals surface area contributed by atoms with Crippen LogP contribution in [0.3, 0.4) is 0 Å². The first kappa shape index (κ1) is 14.8. The molecular weight excluding hydrogens is 258 g/mol. The van der Waals surface area contributed by atoms with Gasteiger partial charge in [-0.1, -0.05) is 20.8 Å². The van der Waals surface area contributed by atoms with E-state index in [1.807, 2.05) is 20.8 Å². The van der Waals surface area contributed by atoms with Crippen LogP contribution in [0.2, 0.25) is 0 Å². The molecule has 0 atom stereocenters. The SMILES string of the molecule is CC(C)(C)CN(CC1=NN(CC2CC2)C(=O)C1)C(=O)O.